The number of aliphatic hydroxyl groups is 1. The van der Waals surface area contributed by atoms with Gasteiger partial charge in [0, 0.05) is 0 Å². The van der Waals surface area contributed by atoms with Crippen LogP contribution in [0.1, 0.15) is 79.1 Å². The average molecular weight is 264 g/mol. The minimum Gasteiger partial charge on any atom is -0.390 e. The molecule has 1 N–H and O–H groups in total. The lowest BCUT2D eigenvalue weighted by molar-refractivity contribution is -0.123. The Kier molecular flexibility index (Phi) is 3.10. The predicted molar refractivity (Wildman–Crippen MR) is 79.9 cm³/mol. The van der Waals surface area contributed by atoms with Gasteiger partial charge in [0.2, 0.25) is 0 Å². The van der Waals surface area contributed by atoms with E-state index in [-0.39, 0.29) is 5.60 Å². The van der Waals surface area contributed by atoms with Gasteiger partial charge in [-0.3, -0.25) is 0 Å². The van der Waals surface area contributed by atoms with E-state index in [0.717, 1.165) is 18.3 Å². The zero-order valence-corrected chi connectivity index (χ0v) is 13.3. The lowest BCUT2D eigenvalue weighted by Gasteiger charge is -2.60. The van der Waals surface area contributed by atoms with Crippen LogP contribution >= 0.6 is 0 Å². The molecule has 1 heteroatoms. The van der Waals surface area contributed by atoms with Gasteiger partial charge in [0.15, 0.2) is 0 Å². The number of rotatable bonds is 1. The summed E-state index contributed by atoms with van der Waals surface area (Å²) in [5, 5.41) is 10.7. The third-order valence-electron chi connectivity index (χ3n) is 7.77. The summed E-state index contributed by atoms with van der Waals surface area (Å²) in [5.41, 5.74) is 0.692. The largest absolute Gasteiger partial charge is 0.390 e. The van der Waals surface area contributed by atoms with Crippen molar-refractivity contribution in [2.24, 2.45) is 28.6 Å². The van der Waals surface area contributed by atoms with E-state index in [0.29, 0.717) is 16.7 Å². The Labute approximate surface area is 119 Å². The Bertz CT molecular complexity index is 361. The first-order chi connectivity index (χ1) is 8.83. The summed E-state index contributed by atoms with van der Waals surface area (Å²) >= 11 is 0. The van der Waals surface area contributed by atoms with Crippen LogP contribution in [0, 0.1) is 28.6 Å². The zero-order chi connectivity index (χ0) is 13.9. The van der Waals surface area contributed by atoms with Crippen molar-refractivity contribution in [3.63, 3.8) is 0 Å². The van der Waals surface area contributed by atoms with Crippen LogP contribution in [0.25, 0.3) is 0 Å². The van der Waals surface area contributed by atoms with Crippen LogP contribution in [0.2, 0.25) is 0 Å². The second kappa shape index (κ2) is 4.23. The normalized spacial score (nSPS) is 57.6. The summed E-state index contributed by atoms with van der Waals surface area (Å²) in [6.07, 6.45) is 10.5. The van der Waals surface area contributed by atoms with Gasteiger partial charge < -0.3 is 5.11 Å². The molecular formula is C18H32O. The highest BCUT2D eigenvalue weighted by molar-refractivity contribution is 5.09. The lowest BCUT2D eigenvalue weighted by Crippen LogP contribution is -2.53. The van der Waals surface area contributed by atoms with E-state index < -0.39 is 0 Å². The molecule has 1 nitrogen and oxygen atoms in total. The molecule has 0 radical (unpaired) electrons. The van der Waals surface area contributed by atoms with Crippen molar-refractivity contribution in [3.05, 3.63) is 0 Å². The van der Waals surface area contributed by atoms with E-state index >= 15 is 0 Å². The molecule has 0 amide bonds. The predicted octanol–water partition coefficient (Wildman–Crippen LogP) is 4.78. The zero-order valence-electron chi connectivity index (χ0n) is 13.3. The smallest absolute Gasteiger partial charge is 0.0650 e. The fraction of sp³-hybridized carbons (Fsp3) is 1.00. The van der Waals surface area contributed by atoms with Crippen molar-refractivity contribution in [2.75, 3.05) is 0 Å². The molecule has 3 fully saturated rings. The van der Waals surface area contributed by atoms with Gasteiger partial charge >= 0.3 is 0 Å². The number of hydrogen-bond acceptors (Lipinski definition) is 1. The molecule has 6 atom stereocenters. The van der Waals surface area contributed by atoms with Crippen LogP contribution < -0.4 is 0 Å². The Morgan fingerprint density at radius 2 is 1.68 bits per heavy atom. The van der Waals surface area contributed by atoms with Crippen molar-refractivity contribution in [3.8, 4) is 0 Å². The molecule has 3 aliphatic carbocycles. The second-order valence-corrected chi connectivity index (χ2v) is 8.61. The molecular weight excluding hydrogens is 232 g/mol. The monoisotopic (exact) mass is 264 g/mol. The molecule has 3 rings (SSSR count). The SMILES string of the molecule is CC[C@]1(C)CCC[C@]2(C)[C@H]3CC[C@@](C)(O)[C@@H]3CC[C@@H]12. The molecule has 3 saturated carbocycles. The van der Waals surface area contributed by atoms with Crippen LogP contribution in [-0.4, -0.2) is 10.7 Å². The average Bonchev–Trinajstić information content (AvgIpc) is 2.66. The summed E-state index contributed by atoms with van der Waals surface area (Å²) in [6.45, 7) is 9.61. The molecule has 0 aromatic carbocycles. The molecule has 3 aliphatic rings. The van der Waals surface area contributed by atoms with Crippen molar-refractivity contribution in [1.82, 2.24) is 0 Å². The molecule has 0 saturated heterocycles. The Balaban J connectivity index is 1.94. The van der Waals surface area contributed by atoms with Gasteiger partial charge in [-0.2, -0.15) is 0 Å². The van der Waals surface area contributed by atoms with Gasteiger partial charge in [-0.1, -0.05) is 33.6 Å². The Morgan fingerprint density at radius 1 is 0.947 bits per heavy atom. The van der Waals surface area contributed by atoms with Crippen molar-refractivity contribution < 1.29 is 5.11 Å². The molecule has 0 aromatic heterocycles. The van der Waals surface area contributed by atoms with Crippen molar-refractivity contribution in [1.29, 1.82) is 0 Å². The van der Waals surface area contributed by atoms with E-state index in [4.69, 9.17) is 0 Å². The minimum absolute atomic E-state index is 0.376. The van der Waals surface area contributed by atoms with Gasteiger partial charge in [0.1, 0.15) is 0 Å². The first-order valence-corrected chi connectivity index (χ1v) is 8.56. The van der Waals surface area contributed by atoms with Gasteiger partial charge in [-0.05, 0) is 74.0 Å². The molecule has 0 heterocycles. The summed E-state index contributed by atoms with van der Waals surface area (Å²) < 4.78 is 0. The molecule has 110 valence electrons. The van der Waals surface area contributed by atoms with Crippen LogP contribution in [-0.2, 0) is 0 Å². The Hall–Kier alpha value is -0.0400. The highest BCUT2D eigenvalue weighted by Crippen LogP contribution is 2.66. The van der Waals surface area contributed by atoms with E-state index in [1.807, 2.05) is 0 Å². The Morgan fingerprint density at radius 3 is 2.37 bits per heavy atom. The third kappa shape index (κ3) is 1.83. The maximum atomic E-state index is 10.7. The maximum Gasteiger partial charge on any atom is 0.0650 e. The lowest BCUT2D eigenvalue weighted by atomic mass is 9.45. The van der Waals surface area contributed by atoms with Crippen molar-refractivity contribution >= 4 is 0 Å². The molecule has 0 aromatic rings. The minimum atomic E-state index is -0.376. The van der Waals surface area contributed by atoms with Gasteiger partial charge in [-0.15, -0.1) is 0 Å². The third-order valence-corrected chi connectivity index (χ3v) is 7.77. The van der Waals surface area contributed by atoms with Crippen molar-refractivity contribution in [2.45, 2.75) is 84.7 Å². The van der Waals surface area contributed by atoms with E-state index in [1.165, 1.54) is 44.9 Å². The quantitative estimate of drug-likeness (QED) is 0.722. The second-order valence-electron chi connectivity index (χ2n) is 8.61. The summed E-state index contributed by atoms with van der Waals surface area (Å²) in [6, 6.07) is 0. The van der Waals surface area contributed by atoms with E-state index in [9.17, 15) is 5.11 Å². The fourth-order valence-electron chi connectivity index (χ4n) is 6.48. The first kappa shape index (κ1) is 13.9. The maximum absolute atomic E-state index is 10.7. The molecule has 0 spiro atoms. The number of fused-ring (bicyclic) bond motifs is 3. The molecule has 0 aliphatic heterocycles. The number of hydrogen-bond donors (Lipinski definition) is 1. The van der Waals surface area contributed by atoms with Crippen LogP contribution in [0.3, 0.4) is 0 Å². The van der Waals surface area contributed by atoms with Gasteiger partial charge in [0.25, 0.3) is 0 Å². The topological polar surface area (TPSA) is 20.2 Å². The molecule has 0 unspecified atom stereocenters. The van der Waals surface area contributed by atoms with Crippen LogP contribution in [0.5, 0.6) is 0 Å². The standard InChI is InChI=1S/C18H32O/c1-5-16(2)10-6-11-17(3)13-9-12-18(4,19)14(13)7-8-15(16)17/h13-15,19H,5-12H2,1-4H3/t13-,14+,15-,16+,17+,18+/m0/s1. The van der Waals surface area contributed by atoms with Crippen LogP contribution in [0.4, 0.5) is 0 Å². The highest BCUT2D eigenvalue weighted by Gasteiger charge is 2.60. The summed E-state index contributed by atoms with van der Waals surface area (Å²) in [5.74, 6) is 2.26. The van der Waals surface area contributed by atoms with E-state index in [1.54, 1.807) is 0 Å². The molecule has 19 heavy (non-hydrogen) atoms. The van der Waals surface area contributed by atoms with Crippen LogP contribution in [0.15, 0.2) is 0 Å². The highest BCUT2D eigenvalue weighted by atomic mass is 16.3. The summed E-state index contributed by atoms with van der Waals surface area (Å²) in [7, 11) is 0. The van der Waals surface area contributed by atoms with Gasteiger partial charge in [-0.25, -0.2) is 0 Å². The molecule has 0 bridgehead atoms. The van der Waals surface area contributed by atoms with Gasteiger partial charge in [0.05, 0.1) is 5.60 Å². The summed E-state index contributed by atoms with van der Waals surface area (Å²) in [4.78, 5) is 0. The fourth-order valence-corrected chi connectivity index (χ4v) is 6.48. The van der Waals surface area contributed by atoms with E-state index in [2.05, 4.69) is 27.7 Å². The first-order valence-electron chi connectivity index (χ1n) is 8.56.